The lowest BCUT2D eigenvalue weighted by atomic mass is 10.0. The van der Waals surface area contributed by atoms with E-state index in [2.05, 4.69) is 15.9 Å². The van der Waals surface area contributed by atoms with Gasteiger partial charge in [-0.2, -0.15) is 0 Å². The number of aldehydes is 1. The number of carbonyl (C=O) groups excluding carboxylic acids is 1. The third-order valence-electron chi connectivity index (χ3n) is 2.44. The molecule has 0 N–H and O–H groups in total. The lowest BCUT2D eigenvalue weighted by Gasteiger charge is -2.05. The molecule has 13 heavy (non-hydrogen) atoms. The van der Waals surface area contributed by atoms with Crippen molar-refractivity contribution in [2.45, 2.75) is 18.8 Å². The second-order valence-corrected chi connectivity index (χ2v) is 4.16. The van der Waals surface area contributed by atoms with Crippen molar-refractivity contribution < 1.29 is 9.18 Å². The van der Waals surface area contributed by atoms with Crippen LogP contribution in [0, 0.1) is 5.82 Å². The first-order chi connectivity index (χ1) is 6.22. The van der Waals surface area contributed by atoms with E-state index in [0.717, 1.165) is 29.2 Å². The second kappa shape index (κ2) is 3.22. The van der Waals surface area contributed by atoms with Crippen molar-refractivity contribution in [3.63, 3.8) is 0 Å². The van der Waals surface area contributed by atoms with Gasteiger partial charge in [-0.1, -0.05) is 15.9 Å². The molecule has 1 aromatic rings. The minimum Gasteiger partial charge on any atom is -0.303 e. The van der Waals surface area contributed by atoms with Crippen molar-refractivity contribution in [1.82, 2.24) is 0 Å². The first kappa shape index (κ1) is 8.88. The van der Waals surface area contributed by atoms with Gasteiger partial charge in [-0.25, -0.2) is 4.39 Å². The largest absolute Gasteiger partial charge is 0.303 e. The standard InChI is InChI=1S/C10H8BrFO/c11-8-3-6-1-2-7(5-13)10(6)9(12)4-8/h3-5,7H,1-2H2. The molecule has 0 aromatic heterocycles. The smallest absolute Gasteiger partial charge is 0.128 e. The number of carbonyl (C=O) groups is 1. The van der Waals surface area contributed by atoms with Gasteiger partial charge in [-0.3, -0.25) is 0 Å². The maximum absolute atomic E-state index is 13.4. The maximum atomic E-state index is 13.4. The van der Waals surface area contributed by atoms with Crippen molar-refractivity contribution in [1.29, 1.82) is 0 Å². The Labute approximate surface area is 84.1 Å². The van der Waals surface area contributed by atoms with Gasteiger partial charge in [0.15, 0.2) is 0 Å². The average molecular weight is 243 g/mol. The van der Waals surface area contributed by atoms with Crippen molar-refractivity contribution in [2.24, 2.45) is 0 Å². The number of hydrogen-bond donors (Lipinski definition) is 0. The van der Waals surface area contributed by atoms with Crippen LogP contribution in [-0.4, -0.2) is 6.29 Å². The Morgan fingerprint density at radius 2 is 2.31 bits per heavy atom. The van der Waals surface area contributed by atoms with Crippen LogP contribution in [0.4, 0.5) is 4.39 Å². The lowest BCUT2D eigenvalue weighted by Crippen LogP contribution is -1.97. The SMILES string of the molecule is O=CC1CCc2cc(Br)cc(F)c21. The van der Waals surface area contributed by atoms with Crippen LogP contribution in [-0.2, 0) is 11.2 Å². The molecular weight excluding hydrogens is 235 g/mol. The molecule has 1 aliphatic carbocycles. The average Bonchev–Trinajstić information content (AvgIpc) is 2.47. The van der Waals surface area contributed by atoms with E-state index >= 15 is 0 Å². The monoisotopic (exact) mass is 242 g/mol. The van der Waals surface area contributed by atoms with Gasteiger partial charge in [0, 0.05) is 16.0 Å². The summed E-state index contributed by atoms with van der Waals surface area (Å²) >= 11 is 3.23. The summed E-state index contributed by atoms with van der Waals surface area (Å²) in [5.74, 6) is -0.498. The molecule has 2 rings (SSSR count). The molecular formula is C10H8BrFO. The van der Waals surface area contributed by atoms with Gasteiger partial charge in [0.25, 0.3) is 0 Å². The van der Waals surface area contributed by atoms with Gasteiger partial charge < -0.3 is 4.79 Å². The molecule has 1 nitrogen and oxygen atoms in total. The van der Waals surface area contributed by atoms with Crippen LogP contribution in [0.15, 0.2) is 16.6 Å². The van der Waals surface area contributed by atoms with E-state index < -0.39 is 0 Å². The molecule has 68 valence electrons. The molecule has 0 bridgehead atoms. The third-order valence-corrected chi connectivity index (χ3v) is 2.90. The fourth-order valence-corrected chi connectivity index (χ4v) is 2.33. The van der Waals surface area contributed by atoms with Crippen molar-refractivity contribution in [3.05, 3.63) is 33.5 Å². The molecule has 1 atom stereocenters. The molecule has 0 amide bonds. The Morgan fingerprint density at radius 1 is 1.54 bits per heavy atom. The van der Waals surface area contributed by atoms with Crippen molar-refractivity contribution in [3.8, 4) is 0 Å². The number of benzene rings is 1. The Morgan fingerprint density at radius 3 is 3.00 bits per heavy atom. The van der Waals surface area contributed by atoms with Gasteiger partial charge in [0.2, 0.25) is 0 Å². The summed E-state index contributed by atoms with van der Waals surface area (Å²) in [7, 11) is 0. The van der Waals surface area contributed by atoms with E-state index in [-0.39, 0.29) is 11.7 Å². The molecule has 0 aliphatic heterocycles. The molecule has 0 radical (unpaired) electrons. The molecule has 3 heteroatoms. The van der Waals surface area contributed by atoms with Gasteiger partial charge >= 0.3 is 0 Å². The van der Waals surface area contributed by atoms with E-state index in [1.807, 2.05) is 6.07 Å². The Bertz CT molecular complexity index is 362. The second-order valence-electron chi connectivity index (χ2n) is 3.24. The van der Waals surface area contributed by atoms with Crippen LogP contribution >= 0.6 is 15.9 Å². The number of hydrogen-bond acceptors (Lipinski definition) is 1. The van der Waals surface area contributed by atoms with E-state index in [4.69, 9.17) is 0 Å². The summed E-state index contributed by atoms with van der Waals surface area (Å²) in [6.07, 6.45) is 2.38. The van der Waals surface area contributed by atoms with E-state index in [1.165, 1.54) is 6.07 Å². The topological polar surface area (TPSA) is 17.1 Å². The predicted octanol–water partition coefficient (Wildman–Crippen LogP) is 2.82. The quantitative estimate of drug-likeness (QED) is 0.693. The summed E-state index contributed by atoms with van der Waals surface area (Å²) in [6, 6.07) is 3.31. The highest BCUT2D eigenvalue weighted by atomic mass is 79.9. The van der Waals surface area contributed by atoms with Crippen LogP contribution in [0.1, 0.15) is 23.5 Å². The van der Waals surface area contributed by atoms with Crippen LogP contribution in [0.3, 0.4) is 0 Å². The number of halogens is 2. The molecule has 1 unspecified atom stereocenters. The van der Waals surface area contributed by atoms with E-state index in [1.54, 1.807) is 0 Å². The number of rotatable bonds is 1. The predicted molar refractivity (Wildman–Crippen MR) is 51.2 cm³/mol. The summed E-state index contributed by atoms with van der Waals surface area (Å²) in [5.41, 5.74) is 1.56. The van der Waals surface area contributed by atoms with Crippen LogP contribution in [0.5, 0.6) is 0 Å². The van der Waals surface area contributed by atoms with Gasteiger partial charge in [-0.05, 0) is 30.5 Å². The molecule has 0 saturated carbocycles. The first-order valence-corrected chi connectivity index (χ1v) is 4.95. The Hall–Kier alpha value is -0.700. The van der Waals surface area contributed by atoms with Crippen molar-refractivity contribution in [2.75, 3.05) is 0 Å². The fraction of sp³-hybridized carbons (Fsp3) is 0.300. The van der Waals surface area contributed by atoms with Gasteiger partial charge in [0.05, 0.1) is 0 Å². The summed E-state index contributed by atoms with van der Waals surface area (Å²) < 4.78 is 14.1. The maximum Gasteiger partial charge on any atom is 0.128 e. The number of fused-ring (bicyclic) bond motifs is 1. The zero-order chi connectivity index (χ0) is 9.42. The lowest BCUT2D eigenvalue weighted by molar-refractivity contribution is -0.109. The van der Waals surface area contributed by atoms with Crippen LogP contribution in [0.2, 0.25) is 0 Å². The zero-order valence-electron chi connectivity index (χ0n) is 6.89. The summed E-state index contributed by atoms with van der Waals surface area (Å²) in [4.78, 5) is 10.6. The molecule has 0 spiro atoms. The van der Waals surface area contributed by atoms with E-state index in [0.29, 0.717) is 5.56 Å². The van der Waals surface area contributed by atoms with Crippen molar-refractivity contribution >= 4 is 22.2 Å². The van der Waals surface area contributed by atoms with E-state index in [9.17, 15) is 9.18 Å². The first-order valence-electron chi connectivity index (χ1n) is 4.15. The molecule has 1 aromatic carbocycles. The highest BCUT2D eigenvalue weighted by Crippen LogP contribution is 2.35. The Balaban J connectivity index is 2.57. The van der Waals surface area contributed by atoms with Gasteiger partial charge in [-0.15, -0.1) is 0 Å². The van der Waals surface area contributed by atoms with Gasteiger partial charge in [0.1, 0.15) is 12.1 Å². The number of aryl methyl sites for hydroxylation is 1. The minimum atomic E-state index is -0.265. The zero-order valence-corrected chi connectivity index (χ0v) is 8.47. The molecule has 0 saturated heterocycles. The minimum absolute atomic E-state index is 0.233. The van der Waals surface area contributed by atoms with Crippen LogP contribution < -0.4 is 0 Å². The highest BCUT2D eigenvalue weighted by Gasteiger charge is 2.25. The molecule has 0 fully saturated rings. The summed E-state index contributed by atoms with van der Waals surface area (Å²) in [6.45, 7) is 0. The normalized spacial score (nSPS) is 20.0. The van der Waals surface area contributed by atoms with Crippen LogP contribution in [0.25, 0.3) is 0 Å². The Kier molecular flexibility index (Phi) is 2.20. The third kappa shape index (κ3) is 1.41. The summed E-state index contributed by atoms with van der Waals surface area (Å²) in [5, 5.41) is 0. The molecule has 1 aliphatic rings. The molecule has 0 heterocycles. The highest BCUT2D eigenvalue weighted by molar-refractivity contribution is 9.10. The fourth-order valence-electron chi connectivity index (χ4n) is 1.85.